The van der Waals surface area contributed by atoms with Gasteiger partial charge in [-0.1, -0.05) is 0 Å². The lowest BCUT2D eigenvalue weighted by Gasteiger charge is -2.29. The van der Waals surface area contributed by atoms with Crippen molar-refractivity contribution in [3.8, 4) is 0 Å². The van der Waals surface area contributed by atoms with E-state index >= 15 is 0 Å². The van der Waals surface area contributed by atoms with Crippen molar-refractivity contribution in [3.05, 3.63) is 0 Å². The molecule has 0 spiro atoms. The first-order valence-electron chi connectivity index (χ1n) is 3.97. The van der Waals surface area contributed by atoms with Crippen molar-refractivity contribution in [3.63, 3.8) is 0 Å². The summed E-state index contributed by atoms with van der Waals surface area (Å²) in [5.41, 5.74) is -0.634. The van der Waals surface area contributed by atoms with E-state index in [-0.39, 0.29) is 11.1 Å². The summed E-state index contributed by atoms with van der Waals surface area (Å²) in [6, 6.07) is 0. The number of nitrogens with zero attached hydrogens (tertiary/aromatic N) is 1. The molecule has 12 heavy (non-hydrogen) atoms. The molecule has 0 fully saturated rings. The lowest BCUT2D eigenvalue weighted by atomic mass is 9.90. The van der Waals surface area contributed by atoms with E-state index in [1.54, 1.807) is 13.2 Å². The van der Waals surface area contributed by atoms with Crippen LogP contribution in [0.3, 0.4) is 0 Å². The van der Waals surface area contributed by atoms with Gasteiger partial charge in [-0.25, -0.2) is 4.79 Å². The van der Waals surface area contributed by atoms with Crippen molar-refractivity contribution >= 4 is 6.08 Å². The van der Waals surface area contributed by atoms with E-state index in [1.807, 2.05) is 27.7 Å². The van der Waals surface area contributed by atoms with Gasteiger partial charge in [0.15, 0.2) is 0 Å². The van der Waals surface area contributed by atoms with Crippen LogP contribution in [-0.2, 0) is 9.53 Å². The van der Waals surface area contributed by atoms with Gasteiger partial charge in [0.05, 0.1) is 11.1 Å². The minimum atomic E-state index is -0.388. The molecule has 0 heterocycles. The van der Waals surface area contributed by atoms with Crippen LogP contribution in [0, 0.1) is 0 Å². The van der Waals surface area contributed by atoms with Crippen molar-refractivity contribution in [2.45, 2.75) is 45.3 Å². The van der Waals surface area contributed by atoms with Crippen LogP contribution in [0.5, 0.6) is 0 Å². The van der Waals surface area contributed by atoms with Gasteiger partial charge in [0.2, 0.25) is 6.08 Å². The molecule has 0 amide bonds. The highest BCUT2D eigenvalue weighted by Crippen LogP contribution is 2.25. The molecule has 0 radical (unpaired) electrons. The van der Waals surface area contributed by atoms with Crippen LogP contribution in [0.1, 0.15) is 34.1 Å². The summed E-state index contributed by atoms with van der Waals surface area (Å²) in [6.45, 7) is 7.71. The van der Waals surface area contributed by atoms with E-state index < -0.39 is 0 Å². The Morgan fingerprint density at radius 1 is 1.33 bits per heavy atom. The molecule has 0 rings (SSSR count). The molecule has 0 aliphatic heterocycles. The monoisotopic (exact) mass is 171 g/mol. The molecule has 0 aromatic rings. The van der Waals surface area contributed by atoms with Crippen LogP contribution in [-0.4, -0.2) is 24.3 Å². The molecule has 0 aliphatic rings. The second-order valence-electron chi connectivity index (χ2n) is 4.16. The molecule has 0 aromatic heterocycles. The normalized spacial score (nSPS) is 12.4. The standard InChI is InChI=1S/C9H17NO2/c1-8(2,10-7-11)6-9(3,4)12-5/h6H2,1-5H3. The van der Waals surface area contributed by atoms with E-state index in [0.29, 0.717) is 6.42 Å². The molecule has 0 unspecified atom stereocenters. The fourth-order valence-corrected chi connectivity index (χ4v) is 1.28. The van der Waals surface area contributed by atoms with Gasteiger partial charge in [0.25, 0.3) is 0 Å². The first-order chi connectivity index (χ1) is 5.33. The summed E-state index contributed by atoms with van der Waals surface area (Å²) in [4.78, 5) is 13.8. The van der Waals surface area contributed by atoms with Gasteiger partial charge in [-0.05, 0) is 27.7 Å². The minimum Gasteiger partial charge on any atom is -0.379 e. The van der Waals surface area contributed by atoms with Gasteiger partial charge in [-0.15, -0.1) is 0 Å². The van der Waals surface area contributed by atoms with Crippen molar-refractivity contribution in [1.82, 2.24) is 0 Å². The zero-order chi connectivity index (χ0) is 9.83. The zero-order valence-corrected chi connectivity index (χ0v) is 8.47. The first kappa shape index (κ1) is 11.3. The summed E-state index contributed by atoms with van der Waals surface area (Å²) in [6.07, 6.45) is 2.27. The number of hydrogen-bond donors (Lipinski definition) is 0. The number of carbonyl (C=O) groups excluding carboxylic acids is 1. The fourth-order valence-electron chi connectivity index (χ4n) is 1.28. The Balaban J connectivity index is 4.32. The highest BCUT2D eigenvalue weighted by atomic mass is 16.5. The molecular formula is C9H17NO2. The highest BCUT2D eigenvalue weighted by molar-refractivity contribution is 5.34. The first-order valence-corrected chi connectivity index (χ1v) is 3.97. The Labute approximate surface area is 73.8 Å². The van der Waals surface area contributed by atoms with Crippen LogP contribution < -0.4 is 0 Å². The maximum absolute atomic E-state index is 10.1. The van der Waals surface area contributed by atoms with Gasteiger partial charge in [0, 0.05) is 13.5 Å². The van der Waals surface area contributed by atoms with E-state index in [9.17, 15) is 4.79 Å². The maximum atomic E-state index is 10.1. The second kappa shape index (κ2) is 3.83. The van der Waals surface area contributed by atoms with Crippen LogP contribution in [0.25, 0.3) is 0 Å². The average Bonchev–Trinajstić information content (AvgIpc) is 1.85. The molecule has 0 aliphatic carbocycles. The molecule has 3 nitrogen and oxygen atoms in total. The summed E-state index contributed by atoms with van der Waals surface area (Å²) < 4.78 is 5.23. The Hall–Kier alpha value is -0.660. The van der Waals surface area contributed by atoms with Crippen LogP contribution in [0.15, 0.2) is 4.99 Å². The minimum absolute atomic E-state index is 0.246. The SMILES string of the molecule is COC(C)(C)CC(C)(C)N=C=O. The van der Waals surface area contributed by atoms with Gasteiger partial charge in [-0.2, -0.15) is 4.99 Å². The van der Waals surface area contributed by atoms with Gasteiger partial charge >= 0.3 is 0 Å². The lowest BCUT2D eigenvalue weighted by Crippen LogP contribution is -2.33. The van der Waals surface area contributed by atoms with Crippen molar-refractivity contribution < 1.29 is 9.53 Å². The summed E-state index contributed by atoms with van der Waals surface area (Å²) in [5, 5.41) is 0. The molecule has 0 N–H and O–H groups in total. The van der Waals surface area contributed by atoms with Gasteiger partial charge in [-0.3, -0.25) is 0 Å². The highest BCUT2D eigenvalue weighted by Gasteiger charge is 2.28. The number of ether oxygens (including phenoxy) is 1. The van der Waals surface area contributed by atoms with E-state index in [1.165, 1.54) is 0 Å². The molecule has 0 atom stereocenters. The predicted octanol–water partition coefficient (Wildman–Crippen LogP) is 1.92. The molecule has 3 heteroatoms. The van der Waals surface area contributed by atoms with Gasteiger partial charge < -0.3 is 4.74 Å². The predicted molar refractivity (Wildman–Crippen MR) is 47.9 cm³/mol. The summed E-state index contributed by atoms with van der Waals surface area (Å²) >= 11 is 0. The van der Waals surface area contributed by atoms with Crippen molar-refractivity contribution in [1.29, 1.82) is 0 Å². The maximum Gasteiger partial charge on any atom is 0.235 e. The lowest BCUT2D eigenvalue weighted by molar-refractivity contribution is 0.00178. The third kappa shape index (κ3) is 4.27. The third-order valence-corrected chi connectivity index (χ3v) is 1.76. The number of isocyanates is 1. The zero-order valence-electron chi connectivity index (χ0n) is 8.47. The van der Waals surface area contributed by atoms with Crippen LogP contribution in [0.4, 0.5) is 0 Å². The average molecular weight is 171 g/mol. The molecule has 70 valence electrons. The summed E-state index contributed by atoms with van der Waals surface area (Å²) in [5.74, 6) is 0. The number of rotatable bonds is 4. The third-order valence-electron chi connectivity index (χ3n) is 1.76. The largest absolute Gasteiger partial charge is 0.379 e. The Morgan fingerprint density at radius 3 is 2.17 bits per heavy atom. The van der Waals surface area contributed by atoms with E-state index in [0.717, 1.165) is 0 Å². The summed E-state index contributed by atoms with van der Waals surface area (Å²) in [7, 11) is 1.65. The number of methoxy groups -OCH3 is 1. The van der Waals surface area contributed by atoms with Crippen LogP contribution >= 0.6 is 0 Å². The molecule has 0 saturated heterocycles. The van der Waals surface area contributed by atoms with Crippen molar-refractivity contribution in [2.24, 2.45) is 4.99 Å². The van der Waals surface area contributed by atoms with E-state index in [2.05, 4.69) is 4.99 Å². The smallest absolute Gasteiger partial charge is 0.235 e. The van der Waals surface area contributed by atoms with Gasteiger partial charge in [0.1, 0.15) is 0 Å². The van der Waals surface area contributed by atoms with E-state index in [4.69, 9.17) is 4.74 Å². The Kier molecular flexibility index (Phi) is 3.62. The molecule has 0 saturated carbocycles. The Bertz CT molecular complexity index is 191. The molecule has 0 aromatic carbocycles. The van der Waals surface area contributed by atoms with Crippen LogP contribution in [0.2, 0.25) is 0 Å². The molecular weight excluding hydrogens is 154 g/mol. The molecule has 0 bridgehead atoms. The quantitative estimate of drug-likeness (QED) is 0.478. The number of aliphatic imine (C=N–C) groups is 1. The topological polar surface area (TPSA) is 38.7 Å². The van der Waals surface area contributed by atoms with Crippen molar-refractivity contribution in [2.75, 3.05) is 7.11 Å². The number of hydrogen-bond acceptors (Lipinski definition) is 3. The second-order valence-corrected chi connectivity index (χ2v) is 4.16. The fraction of sp³-hybridized carbons (Fsp3) is 0.889. The Morgan fingerprint density at radius 2 is 1.83 bits per heavy atom.